The molecule has 11 aromatic rings. The molecule has 2 heteroatoms. The van der Waals surface area contributed by atoms with Gasteiger partial charge in [0.25, 0.3) is 0 Å². The first-order chi connectivity index (χ1) is 31.5. The van der Waals surface area contributed by atoms with Crippen LogP contribution in [0.4, 0.5) is 0 Å². The van der Waals surface area contributed by atoms with Crippen LogP contribution in [0.5, 0.6) is 0 Å². The molecule has 0 unspecified atom stereocenters. The van der Waals surface area contributed by atoms with Crippen LogP contribution >= 0.6 is 0 Å². The zero-order valence-corrected chi connectivity index (χ0v) is 37.7. The van der Waals surface area contributed by atoms with E-state index < -0.39 is 0 Å². The molecule has 2 aromatic heterocycles. The monoisotopic (exact) mass is 832 g/mol. The lowest BCUT2D eigenvalue weighted by Crippen LogP contribution is -2.15. The Labute approximate surface area is 380 Å². The molecule has 2 heterocycles. The van der Waals surface area contributed by atoms with Crippen LogP contribution in [0, 0.1) is 0 Å². The average Bonchev–Trinajstić information content (AvgIpc) is 4.05. The Kier molecular flexibility index (Phi) is 7.08. The van der Waals surface area contributed by atoms with E-state index in [1.807, 2.05) is 0 Å². The van der Waals surface area contributed by atoms with E-state index in [4.69, 9.17) is 0 Å². The number of nitrogens with zero attached hydrogens (tertiary/aromatic N) is 2. The smallest absolute Gasteiger partial charge is 0.0547 e. The van der Waals surface area contributed by atoms with Gasteiger partial charge in [0.1, 0.15) is 0 Å². The Morgan fingerprint density at radius 1 is 0.292 bits per heavy atom. The number of hydrogen-bond donors (Lipinski definition) is 0. The maximum atomic E-state index is 2.51. The summed E-state index contributed by atoms with van der Waals surface area (Å²) in [6.07, 6.45) is 0. The van der Waals surface area contributed by atoms with Crippen molar-refractivity contribution in [3.63, 3.8) is 0 Å². The van der Waals surface area contributed by atoms with Gasteiger partial charge in [0.2, 0.25) is 0 Å². The van der Waals surface area contributed by atoms with Crippen LogP contribution in [0.2, 0.25) is 0 Å². The molecule has 3 aliphatic rings. The van der Waals surface area contributed by atoms with Gasteiger partial charge in [0, 0.05) is 49.2 Å². The lowest BCUT2D eigenvalue weighted by atomic mass is 9.81. The van der Waals surface area contributed by atoms with E-state index in [0.29, 0.717) is 0 Å². The van der Waals surface area contributed by atoms with Gasteiger partial charge in [0.05, 0.1) is 22.1 Å². The molecular formula is C63H48N2. The van der Waals surface area contributed by atoms with Gasteiger partial charge in [0.15, 0.2) is 0 Å². The van der Waals surface area contributed by atoms with E-state index in [1.54, 1.807) is 0 Å². The highest BCUT2D eigenvalue weighted by atomic mass is 15.0. The molecule has 0 atom stereocenters. The molecule has 65 heavy (non-hydrogen) atoms. The summed E-state index contributed by atoms with van der Waals surface area (Å²) in [6.45, 7) is 14.4. The first-order valence-corrected chi connectivity index (χ1v) is 23.3. The summed E-state index contributed by atoms with van der Waals surface area (Å²) in [5, 5.41) is 5.30. The lowest BCUT2D eigenvalue weighted by molar-refractivity contribution is 0.660. The number of rotatable bonds is 3. The fourth-order valence-corrected chi connectivity index (χ4v) is 12.9. The topological polar surface area (TPSA) is 9.86 Å². The van der Waals surface area contributed by atoms with Crippen LogP contribution in [-0.4, -0.2) is 9.13 Å². The summed E-state index contributed by atoms with van der Waals surface area (Å²) in [5.41, 5.74) is 26.1. The number of aromatic nitrogens is 2. The third kappa shape index (κ3) is 4.64. The van der Waals surface area contributed by atoms with Gasteiger partial charge in [-0.05, 0) is 139 Å². The summed E-state index contributed by atoms with van der Waals surface area (Å²) in [6, 6.07) is 69.1. The highest BCUT2D eigenvalue weighted by Crippen LogP contribution is 2.57. The normalized spacial score (nSPS) is 15.6. The summed E-state index contributed by atoms with van der Waals surface area (Å²) < 4.78 is 4.95. The van der Waals surface area contributed by atoms with Crippen molar-refractivity contribution >= 4 is 43.6 Å². The van der Waals surface area contributed by atoms with Gasteiger partial charge in [-0.1, -0.05) is 163 Å². The maximum absolute atomic E-state index is 2.51. The highest BCUT2D eigenvalue weighted by Gasteiger charge is 2.40. The number of fused-ring (bicyclic) bond motifs is 17. The Balaban J connectivity index is 0.916. The van der Waals surface area contributed by atoms with Crippen molar-refractivity contribution in [2.75, 3.05) is 0 Å². The van der Waals surface area contributed by atoms with Crippen LogP contribution in [0.25, 0.3) is 99.5 Å². The van der Waals surface area contributed by atoms with Gasteiger partial charge in [-0.25, -0.2) is 0 Å². The zero-order chi connectivity index (χ0) is 43.7. The lowest BCUT2D eigenvalue weighted by Gasteiger charge is -2.23. The summed E-state index contributed by atoms with van der Waals surface area (Å²) in [5.74, 6) is 0. The molecule has 0 fully saturated rings. The average molecular weight is 833 g/mol. The first-order valence-electron chi connectivity index (χ1n) is 23.3. The first kappa shape index (κ1) is 37.0. The summed E-state index contributed by atoms with van der Waals surface area (Å²) in [4.78, 5) is 0. The number of hydrogen-bond acceptors (Lipinski definition) is 0. The Bertz CT molecular complexity index is 3900. The van der Waals surface area contributed by atoms with Gasteiger partial charge in [-0.3, -0.25) is 0 Å². The molecule has 2 nitrogen and oxygen atoms in total. The third-order valence-electron chi connectivity index (χ3n) is 16.1. The highest BCUT2D eigenvalue weighted by molar-refractivity contribution is 6.19. The second-order valence-electron chi connectivity index (χ2n) is 20.5. The van der Waals surface area contributed by atoms with E-state index in [0.717, 1.165) is 0 Å². The molecule has 9 aromatic carbocycles. The largest absolute Gasteiger partial charge is 0.309 e. The fourth-order valence-electron chi connectivity index (χ4n) is 12.9. The molecule has 0 aliphatic heterocycles. The van der Waals surface area contributed by atoms with Crippen molar-refractivity contribution in [1.29, 1.82) is 0 Å². The summed E-state index contributed by atoms with van der Waals surface area (Å²) in [7, 11) is 0. The van der Waals surface area contributed by atoms with Crippen molar-refractivity contribution < 1.29 is 0 Å². The zero-order valence-electron chi connectivity index (χ0n) is 37.7. The van der Waals surface area contributed by atoms with Crippen molar-refractivity contribution in [1.82, 2.24) is 9.13 Å². The van der Waals surface area contributed by atoms with Gasteiger partial charge in [-0.2, -0.15) is 0 Å². The van der Waals surface area contributed by atoms with Crippen molar-refractivity contribution in [2.24, 2.45) is 0 Å². The molecule has 310 valence electrons. The minimum atomic E-state index is -0.160. The Morgan fingerprint density at radius 2 is 0.785 bits per heavy atom. The molecule has 0 radical (unpaired) electrons. The van der Waals surface area contributed by atoms with E-state index in [-0.39, 0.29) is 16.2 Å². The third-order valence-corrected chi connectivity index (χ3v) is 16.1. The van der Waals surface area contributed by atoms with Gasteiger partial charge >= 0.3 is 0 Å². The van der Waals surface area contributed by atoms with Gasteiger partial charge in [-0.15, -0.1) is 0 Å². The van der Waals surface area contributed by atoms with Crippen molar-refractivity contribution in [2.45, 2.75) is 57.8 Å². The predicted molar refractivity (Wildman–Crippen MR) is 273 cm³/mol. The molecule has 0 saturated carbocycles. The minimum Gasteiger partial charge on any atom is -0.309 e. The van der Waals surface area contributed by atoms with E-state index in [1.165, 1.54) is 133 Å². The number of para-hydroxylation sites is 3. The number of benzene rings is 9. The van der Waals surface area contributed by atoms with Crippen LogP contribution < -0.4 is 0 Å². The molecule has 3 aliphatic carbocycles. The Hall–Kier alpha value is -7.42. The molecule has 0 spiro atoms. The van der Waals surface area contributed by atoms with Crippen LogP contribution in [-0.2, 0) is 16.2 Å². The van der Waals surface area contributed by atoms with Crippen LogP contribution in [0.1, 0.15) is 74.9 Å². The van der Waals surface area contributed by atoms with Crippen LogP contribution in [0.3, 0.4) is 0 Å². The Morgan fingerprint density at radius 3 is 1.48 bits per heavy atom. The van der Waals surface area contributed by atoms with Crippen molar-refractivity contribution in [3.05, 3.63) is 215 Å². The van der Waals surface area contributed by atoms with E-state index in [9.17, 15) is 0 Å². The second-order valence-corrected chi connectivity index (χ2v) is 20.5. The molecule has 0 amide bonds. The van der Waals surface area contributed by atoms with Gasteiger partial charge < -0.3 is 9.13 Å². The molecular weight excluding hydrogens is 785 g/mol. The summed E-state index contributed by atoms with van der Waals surface area (Å²) >= 11 is 0. The molecule has 0 saturated heterocycles. The molecule has 0 bridgehead atoms. The standard InChI is InChI=1S/C63H48N2/c1-61(2)47-21-13-10-18-42(47)57-50(61)30-33-56-59(57)44-20-12-15-23-54(44)65(56)40-26-29-48-45(36-40)41-27-24-38(35-52(41)63(48,5)6)37-25-28-49-46(34-37)58-51(62(49,3)4)31-32-55-60(58)43-19-11-14-22-53(43)64(55)39-16-8-7-9-17-39/h7-36H,1-6H3. The fraction of sp³-hybridized carbons (Fsp3) is 0.143. The maximum Gasteiger partial charge on any atom is 0.0547 e. The van der Waals surface area contributed by atoms with Crippen molar-refractivity contribution in [3.8, 4) is 55.9 Å². The molecule has 0 N–H and O–H groups in total. The molecule has 14 rings (SSSR count). The minimum absolute atomic E-state index is 0.0529. The quantitative estimate of drug-likeness (QED) is 0.168. The van der Waals surface area contributed by atoms with Crippen LogP contribution in [0.15, 0.2) is 182 Å². The second kappa shape index (κ2) is 12.4. The predicted octanol–water partition coefficient (Wildman–Crippen LogP) is 16.5. The van der Waals surface area contributed by atoms with E-state index >= 15 is 0 Å². The SMILES string of the molecule is CC1(C)c2ccc(-n3c4ccccc4c4c5c(ccc43)C(C)(C)c3ccccc3-5)cc2-c2ccc(-c3ccc4c(c3)-c3c(ccc5c3c3ccccc3n5-c3ccccc3)C4(C)C)cc21. The van der Waals surface area contributed by atoms with E-state index in [2.05, 4.69) is 233 Å².